The fourth-order valence-electron chi connectivity index (χ4n) is 3.36. The van der Waals surface area contributed by atoms with Crippen LogP contribution < -0.4 is 4.74 Å². The lowest BCUT2D eigenvalue weighted by Gasteiger charge is -2.24. The predicted molar refractivity (Wildman–Crippen MR) is 71.9 cm³/mol. The summed E-state index contributed by atoms with van der Waals surface area (Å²) in [5.74, 6) is 0.546. The molecule has 19 heavy (non-hydrogen) atoms. The number of hydrogen-bond acceptors (Lipinski definition) is 2. The molecule has 1 heterocycles. The Bertz CT molecular complexity index is 452. The maximum absolute atomic E-state index is 13.0. The van der Waals surface area contributed by atoms with Crippen molar-refractivity contribution in [3.8, 4) is 5.75 Å². The second kappa shape index (κ2) is 5.12. The summed E-state index contributed by atoms with van der Waals surface area (Å²) >= 11 is 0. The first kappa shape index (κ1) is 12.9. The predicted octanol–water partition coefficient (Wildman–Crippen LogP) is 4.00. The van der Waals surface area contributed by atoms with Crippen LogP contribution in [0.15, 0.2) is 18.2 Å². The van der Waals surface area contributed by atoms with Gasteiger partial charge in [0.15, 0.2) is 0 Å². The fraction of sp³-hybridized carbons (Fsp3) is 0.625. The van der Waals surface area contributed by atoms with Gasteiger partial charge in [-0.05, 0) is 56.4 Å². The third-order valence-electron chi connectivity index (χ3n) is 4.42. The zero-order valence-electron chi connectivity index (χ0n) is 11.5. The summed E-state index contributed by atoms with van der Waals surface area (Å²) in [7, 11) is 0. The van der Waals surface area contributed by atoms with Gasteiger partial charge in [0.25, 0.3) is 0 Å². The molecule has 3 heteroatoms. The van der Waals surface area contributed by atoms with Crippen molar-refractivity contribution in [3.05, 3.63) is 29.6 Å². The lowest BCUT2D eigenvalue weighted by Crippen LogP contribution is -2.27. The van der Waals surface area contributed by atoms with Gasteiger partial charge in [-0.3, -0.25) is 0 Å². The Labute approximate surface area is 113 Å². The molecule has 1 aromatic carbocycles. The average Bonchev–Trinajstić information content (AvgIpc) is 2.99. The summed E-state index contributed by atoms with van der Waals surface area (Å²) in [6.45, 7) is 2.45. The van der Waals surface area contributed by atoms with Gasteiger partial charge >= 0.3 is 0 Å². The fourth-order valence-corrected chi connectivity index (χ4v) is 3.36. The van der Waals surface area contributed by atoms with Crippen molar-refractivity contribution >= 4 is 0 Å². The molecule has 104 valence electrons. The van der Waals surface area contributed by atoms with Gasteiger partial charge in [-0.25, -0.2) is 4.39 Å². The lowest BCUT2D eigenvalue weighted by molar-refractivity contribution is -0.0509. The Kier molecular flexibility index (Phi) is 3.48. The van der Waals surface area contributed by atoms with E-state index in [0.29, 0.717) is 6.61 Å². The van der Waals surface area contributed by atoms with Gasteiger partial charge in [0, 0.05) is 0 Å². The van der Waals surface area contributed by atoms with Crippen molar-refractivity contribution in [2.45, 2.75) is 57.2 Å². The molecule has 2 aliphatic rings. The molecule has 0 aromatic heterocycles. The summed E-state index contributed by atoms with van der Waals surface area (Å²) in [6, 6.07) is 4.64. The van der Waals surface area contributed by atoms with E-state index in [1.54, 1.807) is 6.07 Å². The topological polar surface area (TPSA) is 18.5 Å². The molecule has 0 N–H and O–H groups in total. The minimum absolute atomic E-state index is 0.159. The zero-order valence-corrected chi connectivity index (χ0v) is 11.5. The van der Waals surface area contributed by atoms with Crippen LogP contribution >= 0.6 is 0 Å². The lowest BCUT2D eigenvalue weighted by atomic mass is 9.98. The van der Waals surface area contributed by atoms with Crippen molar-refractivity contribution in [2.75, 3.05) is 6.61 Å². The number of ether oxygens (including phenoxy) is 2. The second-order valence-corrected chi connectivity index (χ2v) is 5.89. The molecule has 1 aromatic rings. The Morgan fingerprint density at radius 2 is 2.11 bits per heavy atom. The van der Waals surface area contributed by atoms with Gasteiger partial charge < -0.3 is 9.47 Å². The van der Waals surface area contributed by atoms with Crippen LogP contribution in [0.2, 0.25) is 0 Å². The van der Waals surface area contributed by atoms with Crippen molar-refractivity contribution in [1.82, 2.24) is 0 Å². The molecule has 2 nitrogen and oxygen atoms in total. The highest BCUT2D eigenvalue weighted by atomic mass is 19.1. The highest BCUT2D eigenvalue weighted by Gasteiger charge is 2.42. The van der Waals surface area contributed by atoms with Crippen molar-refractivity contribution in [3.63, 3.8) is 0 Å². The Balaban J connectivity index is 1.55. The Hall–Kier alpha value is -1.09. The molecule has 1 saturated heterocycles. The smallest absolute Gasteiger partial charge is 0.123 e. The molecule has 1 spiro atoms. The molecular weight excluding hydrogens is 243 g/mol. The van der Waals surface area contributed by atoms with E-state index in [4.69, 9.17) is 9.47 Å². The maximum Gasteiger partial charge on any atom is 0.123 e. The highest BCUT2D eigenvalue weighted by molar-refractivity contribution is 5.32. The third-order valence-corrected chi connectivity index (χ3v) is 4.42. The van der Waals surface area contributed by atoms with Gasteiger partial charge in [0.1, 0.15) is 18.2 Å². The van der Waals surface area contributed by atoms with E-state index in [1.807, 2.05) is 6.92 Å². The number of halogens is 1. The van der Waals surface area contributed by atoms with Crippen LogP contribution in [0.5, 0.6) is 5.75 Å². The molecule has 1 aliphatic heterocycles. The number of benzene rings is 1. The van der Waals surface area contributed by atoms with Crippen LogP contribution in [0.4, 0.5) is 4.39 Å². The van der Waals surface area contributed by atoms with Crippen LogP contribution in [-0.4, -0.2) is 18.3 Å². The first-order valence-corrected chi connectivity index (χ1v) is 7.24. The van der Waals surface area contributed by atoms with E-state index in [1.165, 1.54) is 44.2 Å². The quantitative estimate of drug-likeness (QED) is 0.821. The van der Waals surface area contributed by atoms with Crippen LogP contribution in [0, 0.1) is 12.7 Å². The summed E-state index contributed by atoms with van der Waals surface area (Å²) < 4.78 is 25.0. The molecular formula is C16H21FO2. The van der Waals surface area contributed by atoms with Gasteiger partial charge in [0.05, 0.1) is 11.7 Å². The van der Waals surface area contributed by atoms with Gasteiger partial charge in [-0.15, -0.1) is 0 Å². The largest absolute Gasteiger partial charge is 0.491 e. The highest BCUT2D eigenvalue weighted by Crippen LogP contribution is 2.43. The van der Waals surface area contributed by atoms with Crippen LogP contribution in [-0.2, 0) is 4.74 Å². The SMILES string of the molecule is Cc1cc(F)ccc1OCC1CCC2(CCCC2)O1. The standard InChI is InChI=1S/C16H21FO2/c1-12-10-13(17)4-5-15(12)18-11-14-6-9-16(19-14)7-2-3-8-16/h4-5,10,14H,2-3,6-9,11H2,1H3. The first-order chi connectivity index (χ1) is 9.17. The molecule has 3 rings (SSSR count). The number of hydrogen-bond donors (Lipinski definition) is 0. The van der Waals surface area contributed by atoms with E-state index >= 15 is 0 Å². The Morgan fingerprint density at radius 1 is 1.32 bits per heavy atom. The van der Waals surface area contributed by atoms with Gasteiger partial charge in [-0.2, -0.15) is 0 Å². The van der Waals surface area contributed by atoms with E-state index in [9.17, 15) is 4.39 Å². The third kappa shape index (κ3) is 2.76. The van der Waals surface area contributed by atoms with E-state index in [-0.39, 0.29) is 17.5 Å². The molecule has 2 fully saturated rings. The summed E-state index contributed by atoms with van der Waals surface area (Å²) in [4.78, 5) is 0. The Morgan fingerprint density at radius 3 is 2.84 bits per heavy atom. The van der Waals surface area contributed by atoms with Crippen LogP contribution in [0.1, 0.15) is 44.1 Å². The van der Waals surface area contributed by atoms with Gasteiger partial charge in [-0.1, -0.05) is 12.8 Å². The second-order valence-electron chi connectivity index (χ2n) is 5.89. The minimum atomic E-state index is -0.216. The normalized spacial score (nSPS) is 25.1. The zero-order chi connectivity index (χ0) is 13.3. The van der Waals surface area contributed by atoms with Gasteiger partial charge in [0.2, 0.25) is 0 Å². The van der Waals surface area contributed by atoms with E-state index in [0.717, 1.165) is 17.7 Å². The number of aryl methyl sites for hydroxylation is 1. The molecule has 1 aliphatic carbocycles. The van der Waals surface area contributed by atoms with Crippen molar-refractivity contribution in [1.29, 1.82) is 0 Å². The summed E-state index contributed by atoms with van der Waals surface area (Å²) in [5.41, 5.74) is 1.000. The average molecular weight is 264 g/mol. The molecule has 0 radical (unpaired) electrons. The van der Waals surface area contributed by atoms with Crippen LogP contribution in [0.25, 0.3) is 0 Å². The monoisotopic (exact) mass is 264 g/mol. The minimum Gasteiger partial charge on any atom is -0.491 e. The van der Waals surface area contributed by atoms with E-state index in [2.05, 4.69) is 0 Å². The molecule has 0 amide bonds. The van der Waals surface area contributed by atoms with Crippen molar-refractivity contribution < 1.29 is 13.9 Å². The molecule has 1 unspecified atom stereocenters. The summed E-state index contributed by atoms with van der Waals surface area (Å²) in [6.07, 6.45) is 7.46. The van der Waals surface area contributed by atoms with E-state index < -0.39 is 0 Å². The molecule has 1 atom stereocenters. The summed E-state index contributed by atoms with van der Waals surface area (Å²) in [5, 5.41) is 0. The number of rotatable bonds is 3. The maximum atomic E-state index is 13.0. The molecule has 0 bridgehead atoms. The van der Waals surface area contributed by atoms with Crippen LogP contribution in [0.3, 0.4) is 0 Å². The van der Waals surface area contributed by atoms with Crippen molar-refractivity contribution in [2.24, 2.45) is 0 Å². The molecule has 1 saturated carbocycles. The first-order valence-electron chi connectivity index (χ1n) is 7.24.